The predicted octanol–water partition coefficient (Wildman–Crippen LogP) is 3.07. The first-order valence-corrected chi connectivity index (χ1v) is 6.98. The fourth-order valence-electron chi connectivity index (χ4n) is 2.39. The molecule has 0 saturated heterocycles. The molecule has 2 aromatic rings. The molecule has 1 unspecified atom stereocenters. The van der Waals surface area contributed by atoms with E-state index < -0.39 is 0 Å². The molecular formula is C15H23N3O2. The molecule has 0 fully saturated rings. The molecule has 0 aromatic carbocycles. The van der Waals surface area contributed by atoms with Gasteiger partial charge in [-0.05, 0) is 33.4 Å². The molecule has 2 rings (SSSR count). The lowest BCUT2D eigenvalue weighted by molar-refractivity contribution is 0.393. The molecule has 2 aromatic heterocycles. The monoisotopic (exact) mass is 277 g/mol. The third-order valence-electron chi connectivity index (χ3n) is 3.27. The smallest absolute Gasteiger partial charge is 0.161 e. The van der Waals surface area contributed by atoms with Crippen LogP contribution in [0.3, 0.4) is 0 Å². The van der Waals surface area contributed by atoms with E-state index in [2.05, 4.69) is 31.2 Å². The van der Waals surface area contributed by atoms with Gasteiger partial charge in [-0.15, -0.1) is 0 Å². The molecule has 0 aliphatic heterocycles. The summed E-state index contributed by atoms with van der Waals surface area (Å²) in [6.07, 6.45) is 3.56. The van der Waals surface area contributed by atoms with Crippen LogP contribution in [-0.4, -0.2) is 23.4 Å². The Balaban J connectivity index is 2.50. The van der Waals surface area contributed by atoms with Gasteiger partial charge in [-0.2, -0.15) is 5.10 Å². The molecule has 20 heavy (non-hydrogen) atoms. The van der Waals surface area contributed by atoms with Crippen LogP contribution in [0.25, 0.3) is 0 Å². The van der Waals surface area contributed by atoms with E-state index in [0.717, 1.165) is 29.3 Å². The standard InChI is InChI=1S/C15H23N3O2/c1-6-16-14(12-7-11(4)20-9-12)15-13(19-5)8-17-18(15)10(2)3/h7-10,14,16H,6H2,1-5H3. The summed E-state index contributed by atoms with van der Waals surface area (Å²) in [5, 5.41) is 7.93. The van der Waals surface area contributed by atoms with E-state index in [0.29, 0.717) is 0 Å². The van der Waals surface area contributed by atoms with Crippen molar-refractivity contribution in [2.45, 2.75) is 39.8 Å². The Morgan fingerprint density at radius 2 is 2.20 bits per heavy atom. The summed E-state index contributed by atoms with van der Waals surface area (Å²) in [7, 11) is 1.68. The normalized spacial score (nSPS) is 12.9. The lowest BCUT2D eigenvalue weighted by atomic mass is 10.1. The van der Waals surface area contributed by atoms with Gasteiger partial charge in [-0.25, -0.2) is 0 Å². The van der Waals surface area contributed by atoms with E-state index in [9.17, 15) is 0 Å². The Bertz CT molecular complexity index is 557. The van der Waals surface area contributed by atoms with Gasteiger partial charge in [0.1, 0.15) is 11.5 Å². The highest BCUT2D eigenvalue weighted by Gasteiger charge is 2.25. The van der Waals surface area contributed by atoms with Gasteiger partial charge in [0, 0.05) is 11.6 Å². The molecule has 2 heterocycles. The third kappa shape index (κ3) is 2.72. The average Bonchev–Trinajstić information content (AvgIpc) is 3.01. The van der Waals surface area contributed by atoms with Crippen molar-refractivity contribution in [3.63, 3.8) is 0 Å². The number of hydrogen-bond donors (Lipinski definition) is 1. The van der Waals surface area contributed by atoms with E-state index in [-0.39, 0.29) is 12.1 Å². The molecule has 0 saturated carbocycles. The lowest BCUT2D eigenvalue weighted by Gasteiger charge is -2.21. The van der Waals surface area contributed by atoms with Crippen molar-refractivity contribution in [2.24, 2.45) is 0 Å². The number of rotatable bonds is 6. The number of nitrogens with one attached hydrogen (secondary N) is 1. The van der Waals surface area contributed by atoms with Crippen molar-refractivity contribution in [1.29, 1.82) is 0 Å². The summed E-state index contributed by atoms with van der Waals surface area (Å²) >= 11 is 0. The van der Waals surface area contributed by atoms with Crippen LogP contribution in [0.5, 0.6) is 5.75 Å². The first-order valence-electron chi connectivity index (χ1n) is 6.98. The maximum Gasteiger partial charge on any atom is 0.161 e. The zero-order valence-electron chi connectivity index (χ0n) is 12.8. The fourth-order valence-corrected chi connectivity index (χ4v) is 2.39. The van der Waals surface area contributed by atoms with Crippen LogP contribution in [-0.2, 0) is 0 Å². The van der Waals surface area contributed by atoms with E-state index in [1.165, 1.54) is 0 Å². The zero-order chi connectivity index (χ0) is 14.7. The quantitative estimate of drug-likeness (QED) is 0.881. The van der Waals surface area contributed by atoms with Gasteiger partial charge >= 0.3 is 0 Å². The van der Waals surface area contributed by atoms with E-state index in [1.807, 2.05) is 17.7 Å². The van der Waals surface area contributed by atoms with Crippen molar-refractivity contribution < 1.29 is 9.15 Å². The maximum atomic E-state index is 5.48. The number of hydrogen-bond acceptors (Lipinski definition) is 4. The number of furan rings is 1. The minimum atomic E-state index is 0.0114. The Hall–Kier alpha value is -1.75. The predicted molar refractivity (Wildman–Crippen MR) is 78.1 cm³/mol. The van der Waals surface area contributed by atoms with Crippen molar-refractivity contribution in [3.8, 4) is 5.75 Å². The summed E-state index contributed by atoms with van der Waals surface area (Å²) in [5.74, 6) is 1.70. The van der Waals surface area contributed by atoms with Gasteiger partial charge in [0.05, 0.1) is 25.6 Å². The highest BCUT2D eigenvalue weighted by molar-refractivity contribution is 5.36. The summed E-state index contributed by atoms with van der Waals surface area (Å²) in [6, 6.07) is 2.32. The topological polar surface area (TPSA) is 52.2 Å². The van der Waals surface area contributed by atoms with Crippen LogP contribution in [0.4, 0.5) is 0 Å². The van der Waals surface area contributed by atoms with Gasteiger partial charge in [0.25, 0.3) is 0 Å². The van der Waals surface area contributed by atoms with Gasteiger partial charge in [0.15, 0.2) is 5.75 Å². The number of nitrogens with zero attached hydrogens (tertiary/aromatic N) is 2. The van der Waals surface area contributed by atoms with Crippen LogP contribution in [0.15, 0.2) is 22.9 Å². The summed E-state index contributed by atoms with van der Waals surface area (Å²) in [6.45, 7) is 9.10. The van der Waals surface area contributed by atoms with Gasteiger partial charge in [-0.1, -0.05) is 6.92 Å². The van der Waals surface area contributed by atoms with Crippen molar-refractivity contribution in [3.05, 3.63) is 35.5 Å². The highest BCUT2D eigenvalue weighted by atomic mass is 16.5. The summed E-state index contributed by atoms with van der Waals surface area (Å²) in [4.78, 5) is 0. The summed E-state index contributed by atoms with van der Waals surface area (Å²) in [5.41, 5.74) is 2.12. The number of methoxy groups -OCH3 is 1. The molecule has 0 radical (unpaired) electrons. The van der Waals surface area contributed by atoms with E-state index >= 15 is 0 Å². The third-order valence-corrected chi connectivity index (χ3v) is 3.27. The molecule has 1 N–H and O–H groups in total. The van der Waals surface area contributed by atoms with Crippen LogP contribution in [0.2, 0.25) is 0 Å². The zero-order valence-corrected chi connectivity index (χ0v) is 12.8. The largest absolute Gasteiger partial charge is 0.493 e. The number of ether oxygens (including phenoxy) is 1. The Labute approximate surface area is 119 Å². The number of aryl methyl sites for hydroxylation is 1. The molecule has 5 nitrogen and oxygen atoms in total. The number of aromatic nitrogens is 2. The molecule has 0 aliphatic carbocycles. The van der Waals surface area contributed by atoms with Gasteiger partial charge in [0.2, 0.25) is 0 Å². The van der Waals surface area contributed by atoms with Crippen LogP contribution in [0, 0.1) is 6.92 Å². The van der Waals surface area contributed by atoms with Crippen LogP contribution >= 0.6 is 0 Å². The molecule has 110 valence electrons. The summed E-state index contributed by atoms with van der Waals surface area (Å²) < 4.78 is 12.9. The first-order chi connectivity index (χ1) is 9.58. The van der Waals surface area contributed by atoms with Crippen molar-refractivity contribution >= 4 is 0 Å². The molecule has 0 spiro atoms. The molecule has 0 amide bonds. The molecule has 0 aliphatic rings. The fraction of sp³-hybridized carbons (Fsp3) is 0.533. The Morgan fingerprint density at radius 1 is 1.45 bits per heavy atom. The minimum Gasteiger partial charge on any atom is -0.493 e. The Morgan fingerprint density at radius 3 is 2.70 bits per heavy atom. The second kappa shape index (κ2) is 6.13. The first kappa shape index (κ1) is 14.7. The van der Waals surface area contributed by atoms with Gasteiger partial charge in [-0.3, -0.25) is 4.68 Å². The van der Waals surface area contributed by atoms with Crippen molar-refractivity contribution in [2.75, 3.05) is 13.7 Å². The van der Waals surface area contributed by atoms with E-state index in [1.54, 1.807) is 19.6 Å². The SMILES string of the molecule is CCNC(c1coc(C)c1)c1c(OC)cnn1C(C)C. The maximum absolute atomic E-state index is 5.48. The second-order valence-corrected chi connectivity index (χ2v) is 5.12. The second-order valence-electron chi connectivity index (χ2n) is 5.12. The van der Waals surface area contributed by atoms with Crippen molar-refractivity contribution in [1.82, 2.24) is 15.1 Å². The van der Waals surface area contributed by atoms with E-state index in [4.69, 9.17) is 9.15 Å². The van der Waals surface area contributed by atoms with Crippen LogP contribution < -0.4 is 10.1 Å². The minimum absolute atomic E-state index is 0.0114. The molecule has 0 bridgehead atoms. The van der Waals surface area contributed by atoms with Gasteiger partial charge < -0.3 is 14.5 Å². The molecule has 1 atom stereocenters. The molecule has 5 heteroatoms. The van der Waals surface area contributed by atoms with Crippen LogP contribution in [0.1, 0.15) is 49.9 Å². The average molecular weight is 277 g/mol. The highest BCUT2D eigenvalue weighted by Crippen LogP contribution is 2.32. The molecular weight excluding hydrogens is 254 g/mol. The Kier molecular flexibility index (Phi) is 4.49. The lowest BCUT2D eigenvalue weighted by Crippen LogP contribution is -2.25.